The van der Waals surface area contributed by atoms with Gasteiger partial charge in [0.1, 0.15) is 11.9 Å². The quantitative estimate of drug-likeness (QED) is 0.922. The van der Waals surface area contributed by atoms with Crippen LogP contribution in [0.5, 0.6) is 5.75 Å². The first-order valence-electron chi connectivity index (χ1n) is 8.38. The minimum atomic E-state index is 0.306. The van der Waals surface area contributed by atoms with E-state index in [9.17, 15) is 0 Å². The summed E-state index contributed by atoms with van der Waals surface area (Å²) >= 11 is 0. The van der Waals surface area contributed by atoms with Gasteiger partial charge in [0.25, 0.3) is 0 Å². The van der Waals surface area contributed by atoms with Crippen molar-refractivity contribution in [2.45, 2.75) is 51.7 Å². The van der Waals surface area contributed by atoms with Crippen LogP contribution in [0.25, 0.3) is 0 Å². The lowest BCUT2D eigenvalue weighted by Crippen LogP contribution is -2.60. The molecule has 1 aromatic rings. The number of aryl methyl sites for hydroxylation is 1. The van der Waals surface area contributed by atoms with Gasteiger partial charge in [0.15, 0.2) is 0 Å². The number of nitrogens with zero attached hydrogens (tertiary/aromatic N) is 1. The van der Waals surface area contributed by atoms with Crippen molar-refractivity contribution in [3.8, 4) is 5.75 Å². The van der Waals surface area contributed by atoms with Crippen LogP contribution in [-0.4, -0.2) is 42.7 Å². The summed E-state index contributed by atoms with van der Waals surface area (Å²) in [5, 5.41) is 3.73. The minimum absolute atomic E-state index is 0.306. The van der Waals surface area contributed by atoms with Gasteiger partial charge in [-0.15, -0.1) is 0 Å². The molecule has 1 fully saturated rings. The van der Waals surface area contributed by atoms with Crippen molar-refractivity contribution in [2.24, 2.45) is 0 Å². The average Bonchev–Trinajstić information content (AvgIpc) is 2.88. The van der Waals surface area contributed by atoms with E-state index in [4.69, 9.17) is 4.74 Å². The third-order valence-corrected chi connectivity index (χ3v) is 5.23. The molecule has 2 aliphatic heterocycles. The Morgan fingerprint density at radius 3 is 2.90 bits per heavy atom. The predicted octanol–water partition coefficient (Wildman–Crippen LogP) is 2.76. The highest BCUT2D eigenvalue weighted by Crippen LogP contribution is 2.30. The van der Waals surface area contributed by atoms with Crippen molar-refractivity contribution in [2.75, 3.05) is 26.2 Å². The summed E-state index contributed by atoms with van der Waals surface area (Å²) in [6, 6.07) is 6.55. The second kappa shape index (κ2) is 5.98. The zero-order valence-electron chi connectivity index (χ0n) is 13.6. The Kier molecular flexibility index (Phi) is 4.23. The molecule has 3 nitrogen and oxygen atoms in total. The van der Waals surface area contributed by atoms with Gasteiger partial charge >= 0.3 is 0 Å². The molecule has 116 valence electrons. The maximum absolute atomic E-state index is 6.14. The van der Waals surface area contributed by atoms with Crippen LogP contribution in [-0.2, 0) is 6.42 Å². The molecule has 1 saturated heterocycles. The van der Waals surface area contributed by atoms with E-state index in [1.54, 1.807) is 0 Å². The van der Waals surface area contributed by atoms with Crippen LogP contribution in [0.1, 0.15) is 37.8 Å². The number of fused-ring (bicyclic) bond motifs is 1. The second-order valence-electron chi connectivity index (χ2n) is 6.70. The van der Waals surface area contributed by atoms with Crippen molar-refractivity contribution in [3.05, 3.63) is 29.3 Å². The lowest BCUT2D eigenvalue weighted by Gasteiger charge is -2.43. The van der Waals surface area contributed by atoms with E-state index in [2.05, 4.69) is 49.2 Å². The van der Waals surface area contributed by atoms with Gasteiger partial charge < -0.3 is 10.1 Å². The normalized spacial score (nSPS) is 24.6. The van der Waals surface area contributed by atoms with Gasteiger partial charge in [-0.2, -0.15) is 0 Å². The molecule has 0 aromatic heterocycles. The van der Waals surface area contributed by atoms with Gasteiger partial charge in [-0.25, -0.2) is 0 Å². The predicted molar refractivity (Wildman–Crippen MR) is 87.1 cm³/mol. The van der Waals surface area contributed by atoms with Crippen molar-refractivity contribution in [1.29, 1.82) is 0 Å². The van der Waals surface area contributed by atoms with E-state index in [0.29, 0.717) is 11.6 Å². The van der Waals surface area contributed by atoms with Crippen molar-refractivity contribution in [1.82, 2.24) is 10.2 Å². The fourth-order valence-corrected chi connectivity index (χ4v) is 3.76. The standard InChI is InChI=1S/C18H28N2O/c1-4-18(5-2)13-20(9-8-19-18)12-16-11-15-10-14(3)6-7-17(15)21-16/h6-7,10,16,19H,4-5,8-9,11-13H2,1-3H3. The van der Waals surface area contributed by atoms with Gasteiger partial charge in [-0.1, -0.05) is 31.5 Å². The number of hydrogen-bond acceptors (Lipinski definition) is 3. The van der Waals surface area contributed by atoms with Crippen molar-refractivity contribution >= 4 is 0 Å². The topological polar surface area (TPSA) is 24.5 Å². The van der Waals surface area contributed by atoms with Crippen LogP contribution in [0, 0.1) is 6.92 Å². The maximum Gasteiger partial charge on any atom is 0.123 e. The number of nitrogens with one attached hydrogen (secondary N) is 1. The summed E-state index contributed by atoms with van der Waals surface area (Å²) in [4.78, 5) is 2.59. The maximum atomic E-state index is 6.14. The molecule has 1 unspecified atom stereocenters. The van der Waals surface area contributed by atoms with Gasteiger partial charge in [-0.05, 0) is 31.4 Å². The molecule has 1 aromatic carbocycles. The Balaban J connectivity index is 1.61. The summed E-state index contributed by atoms with van der Waals surface area (Å²) in [6.45, 7) is 11.2. The highest BCUT2D eigenvalue weighted by atomic mass is 16.5. The second-order valence-corrected chi connectivity index (χ2v) is 6.70. The molecule has 0 bridgehead atoms. The Labute approximate surface area is 128 Å². The summed E-state index contributed by atoms with van der Waals surface area (Å²) in [6.07, 6.45) is 3.79. The number of piperazine rings is 1. The number of ether oxygens (including phenoxy) is 1. The van der Waals surface area contributed by atoms with Crippen LogP contribution in [0.2, 0.25) is 0 Å². The first-order valence-corrected chi connectivity index (χ1v) is 8.38. The molecule has 21 heavy (non-hydrogen) atoms. The fraction of sp³-hybridized carbons (Fsp3) is 0.667. The molecule has 0 aliphatic carbocycles. The zero-order valence-corrected chi connectivity index (χ0v) is 13.6. The number of benzene rings is 1. The van der Waals surface area contributed by atoms with Gasteiger partial charge in [0.05, 0.1) is 0 Å². The molecular weight excluding hydrogens is 260 g/mol. The molecule has 1 N–H and O–H groups in total. The van der Waals surface area contributed by atoms with Crippen LogP contribution in [0.4, 0.5) is 0 Å². The van der Waals surface area contributed by atoms with Gasteiger partial charge in [0.2, 0.25) is 0 Å². The third kappa shape index (κ3) is 3.09. The third-order valence-electron chi connectivity index (χ3n) is 5.23. The molecule has 0 amide bonds. The van der Waals surface area contributed by atoms with E-state index >= 15 is 0 Å². The van der Waals surface area contributed by atoms with E-state index in [1.165, 1.54) is 24.0 Å². The number of rotatable bonds is 4. The summed E-state index contributed by atoms with van der Waals surface area (Å²) < 4.78 is 6.14. The highest BCUT2D eigenvalue weighted by molar-refractivity contribution is 5.40. The average molecular weight is 288 g/mol. The summed E-state index contributed by atoms with van der Waals surface area (Å²) in [7, 11) is 0. The van der Waals surface area contributed by atoms with E-state index < -0.39 is 0 Å². The smallest absolute Gasteiger partial charge is 0.123 e. The van der Waals surface area contributed by atoms with Crippen LogP contribution >= 0.6 is 0 Å². The fourth-order valence-electron chi connectivity index (χ4n) is 3.76. The molecule has 1 atom stereocenters. The van der Waals surface area contributed by atoms with Crippen LogP contribution in [0.15, 0.2) is 18.2 Å². The molecule has 2 aliphatic rings. The van der Waals surface area contributed by atoms with Crippen molar-refractivity contribution < 1.29 is 4.74 Å². The van der Waals surface area contributed by atoms with E-state index in [-0.39, 0.29) is 0 Å². The summed E-state index contributed by atoms with van der Waals surface area (Å²) in [5.41, 5.74) is 3.02. The Morgan fingerprint density at radius 2 is 2.14 bits per heavy atom. The van der Waals surface area contributed by atoms with Gasteiger partial charge in [-0.3, -0.25) is 4.90 Å². The first-order chi connectivity index (χ1) is 10.1. The van der Waals surface area contributed by atoms with Crippen molar-refractivity contribution in [3.63, 3.8) is 0 Å². The van der Waals surface area contributed by atoms with Gasteiger partial charge in [0, 0.05) is 38.1 Å². The SMILES string of the molecule is CCC1(CC)CN(CC2Cc3cc(C)ccc3O2)CCN1. The Morgan fingerprint density at radius 1 is 1.33 bits per heavy atom. The minimum Gasteiger partial charge on any atom is -0.488 e. The molecule has 3 rings (SSSR count). The Bertz CT molecular complexity index is 496. The number of hydrogen-bond donors (Lipinski definition) is 1. The molecule has 0 spiro atoms. The highest BCUT2D eigenvalue weighted by Gasteiger charge is 2.34. The van der Waals surface area contributed by atoms with Crippen LogP contribution in [0.3, 0.4) is 0 Å². The first kappa shape index (κ1) is 14.9. The van der Waals surface area contributed by atoms with Crippen LogP contribution < -0.4 is 10.1 Å². The molecule has 2 heterocycles. The van der Waals surface area contributed by atoms with E-state index in [1.807, 2.05) is 0 Å². The zero-order chi connectivity index (χ0) is 14.9. The monoisotopic (exact) mass is 288 g/mol. The van der Waals surface area contributed by atoms with E-state index in [0.717, 1.165) is 38.3 Å². The lowest BCUT2D eigenvalue weighted by atomic mass is 9.90. The molecular formula is C18H28N2O. The molecule has 0 radical (unpaired) electrons. The summed E-state index contributed by atoms with van der Waals surface area (Å²) in [5.74, 6) is 1.10. The molecule has 3 heteroatoms. The Hall–Kier alpha value is -1.06. The lowest BCUT2D eigenvalue weighted by molar-refractivity contribution is 0.0840. The molecule has 0 saturated carbocycles. The largest absolute Gasteiger partial charge is 0.488 e.